The van der Waals surface area contributed by atoms with Gasteiger partial charge in [-0.05, 0) is 48.8 Å². The molecule has 0 spiro atoms. The van der Waals surface area contributed by atoms with Crippen LogP contribution < -0.4 is 0 Å². The molecule has 38 heavy (non-hydrogen) atoms. The van der Waals surface area contributed by atoms with E-state index in [1.807, 2.05) is 36.4 Å². The topological polar surface area (TPSA) is 118 Å². The van der Waals surface area contributed by atoms with E-state index in [-0.39, 0.29) is 0 Å². The Morgan fingerprint density at radius 1 is 1.03 bits per heavy atom. The van der Waals surface area contributed by atoms with Crippen LogP contribution >= 0.6 is 0 Å². The molecule has 0 bridgehead atoms. The smallest absolute Gasteiger partial charge is 0.475 e. The molecular formula is C23H28F6N4O5. The predicted octanol–water partition coefficient (Wildman–Crippen LogP) is 3.69. The number of aromatic nitrogens is 3. The summed E-state index contributed by atoms with van der Waals surface area (Å²) in [4.78, 5) is 24.6. The second-order valence-corrected chi connectivity index (χ2v) is 8.84. The fourth-order valence-corrected chi connectivity index (χ4v) is 3.63. The quantitative estimate of drug-likeness (QED) is 0.498. The van der Waals surface area contributed by atoms with E-state index >= 15 is 0 Å². The maximum Gasteiger partial charge on any atom is 0.490 e. The van der Waals surface area contributed by atoms with E-state index in [1.54, 1.807) is 0 Å². The zero-order valence-corrected chi connectivity index (χ0v) is 20.3. The zero-order valence-electron chi connectivity index (χ0n) is 20.3. The summed E-state index contributed by atoms with van der Waals surface area (Å²) in [6.45, 7) is 2.98. The number of pyridine rings is 1. The van der Waals surface area contributed by atoms with E-state index in [1.165, 1.54) is 24.0 Å². The van der Waals surface area contributed by atoms with E-state index in [0.29, 0.717) is 12.1 Å². The highest BCUT2D eigenvalue weighted by atomic mass is 19.4. The first-order chi connectivity index (χ1) is 17.7. The van der Waals surface area contributed by atoms with Crippen LogP contribution in [0.2, 0.25) is 0 Å². The molecule has 212 valence electrons. The van der Waals surface area contributed by atoms with E-state index in [4.69, 9.17) is 24.5 Å². The maximum absolute atomic E-state index is 10.6. The Bertz CT molecular complexity index is 1000. The molecule has 3 heterocycles. The van der Waals surface area contributed by atoms with Crippen LogP contribution in [-0.2, 0) is 34.3 Å². The van der Waals surface area contributed by atoms with Crippen molar-refractivity contribution >= 4 is 11.9 Å². The van der Waals surface area contributed by atoms with Crippen molar-refractivity contribution < 1.29 is 50.9 Å². The number of aliphatic carboxylic acids is 2. The van der Waals surface area contributed by atoms with Crippen LogP contribution in [0.25, 0.3) is 0 Å². The van der Waals surface area contributed by atoms with Gasteiger partial charge >= 0.3 is 24.3 Å². The fourth-order valence-electron chi connectivity index (χ4n) is 3.63. The van der Waals surface area contributed by atoms with Crippen molar-refractivity contribution in [2.24, 2.45) is 13.0 Å². The van der Waals surface area contributed by atoms with Gasteiger partial charge < -0.3 is 14.9 Å². The van der Waals surface area contributed by atoms with Crippen LogP contribution in [0.1, 0.15) is 30.4 Å². The van der Waals surface area contributed by atoms with Gasteiger partial charge in [0, 0.05) is 51.4 Å². The number of nitrogens with zero attached hydrogens (tertiary/aromatic N) is 4. The number of ether oxygens (including phenoxy) is 1. The standard InChI is InChI=1S/C19H26N4O.2C2HF3O2/c1-22-12-17(11-21-22)9-18-19(24-14-15-4-5-15)6-8-23(18)13-16-3-2-7-20-10-16;2*3-2(4,5)1(6)7/h2-3,7,10-12,15,18-19H,4-6,8-9,13-14H2,1H3;2*(H,6,7)/t18-,19-;;/m0../s1. The molecule has 1 aliphatic carbocycles. The first-order valence-corrected chi connectivity index (χ1v) is 11.5. The number of hydrogen-bond donors (Lipinski definition) is 2. The minimum absolute atomic E-state index is 0.336. The summed E-state index contributed by atoms with van der Waals surface area (Å²) in [5.41, 5.74) is 2.57. The van der Waals surface area contributed by atoms with Gasteiger partial charge in [0.2, 0.25) is 0 Å². The van der Waals surface area contributed by atoms with E-state index in [0.717, 1.165) is 38.5 Å². The van der Waals surface area contributed by atoms with Crippen molar-refractivity contribution in [3.63, 3.8) is 0 Å². The lowest BCUT2D eigenvalue weighted by Crippen LogP contribution is -2.38. The molecule has 2 N–H and O–H groups in total. The largest absolute Gasteiger partial charge is 0.490 e. The summed E-state index contributed by atoms with van der Waals surface area (Å²) in [6.07, 6.45) is 2.90. The van der Waals surface area contributed by atoms with Crippen LogP contribution in [0.4, 0.5) is 26.3 Å². The third-order valence-electron chi connectivity index (χ3n) is 5.64. The first kappa shape index (κ1) is 31.0. The Balaban J connectivity index is 0.000000301. The predicted molar refractivity (Wildman–Crippen MR) is 120 cm³/mol. The minimum Gasteiger partial charge on any atom is -0.475 e. The highest BCUT2D eigenvalue weighted by Gasteiger charge is 2.39. The molecule has 0 amide bonds. The molecule has 1 aliphatic heterocycles. The summed E-state index contributed by atoms with van der Waals surface area (Å²) in [5, 5.41) is 18.6. The monoisotopic (exact) mass is 554 g/mol. The van der Waals surface area contributed by atoms with Crippen molar-refractivity contribution in [2.75, 3.05) is 13.2 Å². The lowest BCUT2D eigenvalue weighted by molar-refractivity contribution is -0.193. The summed E-state index contributed by atoms with van der Waals surface area (Å²) in [5.74, 6) is -4.70. The molecule has 0 aromatic carbocycles. The number of hydrogen-bond acceptors (Lipinski definition) is 6. The lowest BCUT2D eigenvalue weighted by atomic mass is 10.0. The van der Waals surface area contributed by atoms with Crippen molar-refractivity contribution in [1.82, 2.24) is 19.7 Å². The van der Waals surface area contributed by atoms with E-state index in [9.17, 15) is 26.3 Å². The molecule has 1 saturated heterocycles. The normalized spacial score (nSPS) is 19.7. The molecular weight excluding hydrogens is 526 g/mol. The third-order valence-corrected chi connectivity index (χ3v) is 5.64. The number of likely N-dealkylation sites (tertiary alicyclic amines) is 1. The van der Waals surface area contributed by atoms with Gasteiger partial charge in [0.25, 0.3) is 0 Å². The van der Waals surface area contributed by atoms with Gasteiger partial charge in [-0.1, -0.05) is 6.07 Å². The zero-order chi connectivity index (χ0) is 28.5. The summed E-state index contributed by atoms with van der Waals surface area (Å²) in [6, 6.07) is 4.60. The van der Waals surface area contributed by atoms with Crippen molar-refractivity contribution in [1.29, 1.82) is 0 Å². The number of carbonyl (C=O) groups is 2. The summed E-state index contributed by atoms with van der Waals surface area (Å²) >= 11 is 0. The molecule has 0 unspecified atom stereocenters. The van der Waals surface area contributed by atoms with Gasteiger partial charge in [-0.15, -0.1) is 0 Å². The maximum atomic E-state index is 10.6. The second-order valence-electron chi connectivity index (χ2n) is 8.84. The Morgan fingerprint density at radius 2 is 1.63 bits per heavy atom. The van der Waals surface area contributed by atoms with Crippen LogP contribution in [0.15, 0.2) is 36.9 Å². The number of aryl methyl sites for hydroxylation is 1. The molecule has 2 fully saturated rings. The van der Waals surface area contributed by atoms with Crippen molar-refractivity contribution in [3.8, 4) is 0 Å². The molecule has 2 aromatic heterocycles. The second kappa shape index (κ2) is 13.6. The van der Waals surface area contributed by atoms with Crippen molar-refractivity contribution in [2.45, 2.75) is 56.7 Å². The summed E-state index contributed by atoms with van der Waals surface area (Å²) in [7, 11) is 1.98. The number of rotatable bonds is 7. The van der Waals surface area contributed by atoms with Gasteiger partial charge in [0.1, 0.15) is 0 Å². The van der Waals surface area contributed by atoms with E-state index in [2.05, 4.69) is 27.2 Å². The Hall–Kier alpha value is -3.20. The van der Waals surface area contributed by atoms with Crippen LogP contribution in [-0.4, -0.2) is 79.5 Å². The molecule has 1 saturated carbocycles. The van der Waals surface area contributed by atoms with Crippen LogP contribution in [0, 0.1) is 5.92 Å². The number of halogens is 6. The SMILES string of the molecule is Cn1cc(C[C@H]2[C@@H](OCC3CC3)CCN2Cc2cccnc2)cn1.O=C(O)C(F)(F)F.O=C(O)C(F)(F)F. The average molecular weight is 554 g/mol. The molecule has 2 aromatic rings. The van der Waals surface area contributed by atoms with Gasteiger partial charge in [-0.2, -0.15) is 31.4 Å². The third kappa shape index (κ3) is 11.0. The fraction of sp³-hybridized carbons (Fsp3) is 0.565. The highest BCUT2D eigenvalue weighted by Crippen LogP contribution is 2.32. The van der Waals surface area contributed by atoms with E-state index < -0.39 is 24.3 Å². The highest BCUT2D eigenvalue weighted by molar-refractivity contribution is 5.73. The molecule has 2 aliphatic rings. The molecule has 4 rings (SSSR count). The Morgan fingerprint density at radius 3 is 2.08 bits per heavy atom. The van der Waals surface area contributed by atoms with Gasteiger partial charge in [0.05, 0.1) is 12.3 Å². The van der Waals surface area contributed by atoms with Crippen LogP contribution in [0.5, 0.6) is 0 Å². The molecule has 15 heteroatoms. The van der Waals surface area contributed by atoms with Crippen molar-refractivity contribution in [3.05, 3.63) is 48.0 Å². The van der Waals surface area contributed by atoms with Gasteiger partial charge in [0.15, 0.2) is 0 Å². The van der Waals surface area contributed by atoms with Gasteiger partial charge in [-0.25, -0.2) is 9.59 Å². The van der Waals surface area contributed by atoms with Gasteiger partial charge in [-0.3, -0.25) is 14.6 Å². The number of carboxylic acid groups (broad SMARTS) is 2. The molecule has 9 nitrogen and oxygen atoms in total. The lowest BCUT2D eigenvalue weighted by Gasteiger charge is -2.28. The average Bonchev–Trinajstić information content (AvgIpc) is 3.46. The number of alkyl halides is 6. The minimum atomic E-state index is -5.08. The molecule has 2 atom stereocenters. The Kier molecular flexibility index (Phi) is 11.1. The Labute approximate surface area is 214 Å². The summed E-state index contributed by atoms with van der Waals surface area (Å²) < 4.78 is 71.7. The van der Waals surface area contributed by atoms with Crippen LogP contribution in [0.3, 0.4) is 0 Å². The first-order valence-electron chi connectivity index (χ1n) is 11.5. The number of carboxylic acids is 2. The molecule has 0 radical (unpaired) electrons.